The van der Waals surface area contributed by atoms with Gasteiger partial charge in [-0.3, -0.25) is 0 Å². The van der Waals surface area contributed by atoms with Crippen LogP contribution in [0, 0.1) is 11.3 Å². The van der Waals surface area contributed by atoms with Crippen molar-refractivity contribution in [3.8, 4) is 6.07 Å². The predicted octanol–water partition coefficient (Wildman–Crippen LogP) is 2.35. The highest BCUT2D eigenvalue weighted by Crippen LogP contribution is 2.32. The second kappa shape index (κ2) is 6.25. The molecule has 0 aliphatic heterocycles. The minimum absolute atomic E-state index is 0.0511. The van der Waals surface area contributed by atoms with Gasteiger partial charge in [0.1, 0.15) is 0 Å². The Hall–Kier alpha value is -1.57. The molecular weight excluding hydrogens is 252 g/mol. The maximum atomic E-state index is 10.2. The highest BCUT2D eigenvalue weighted by Gasteiger charge is 2.28. The van der Waals surface area contributed by atoms with Gasteiger partial charge in [-0.25, -0.2) is 0 Å². The molecule has 4 heteroatoms. The first-order valence-electron chi connectivity index (χ1n) is 7.17. The SMILES string of the molecule is C[C@H](O)c1ccc(C#N)cc1N(C)C1CCCCC1O. The molecule has 0 heterocycles. The Morgan fingerprint density at radius 2 is 2.05 bits per heavy atom. The molecule has 1 aliphatic rings. The Kier molecular flexibility index (Phi) is 4.64. The van der Waals surface area contributed by atoms with Crippen LogP contribution in [-0.2, 0) is 0 Å². The van der Waals surface area contributed by atoms with Crippen LogP contribution < -0.4 is 4.90 Å². The van der Waals surface area contributed by atoms with Crippen molar-refractivity contribution in [2.45, 2.75) is 50.9 Å². The van der Waals surface area contributed by atoms with Crippen LogP contribution in [-0.4, -0.2) is 29.4 Å². The first-order valence-corrected chi connectivity index (χ1v) is 7.17. The third-order valence-electron chi connectivity index (χ3n) is 4.18. The van der Waals surface area contributed by atoms with E-state index >= 15 is 0 Å². The molecular formula is C16H22N2O2. The van der Waals surface area contributed by atoms with E-state index in [1.54, 1.807) is 25.1 Å². The third kappa shape index (κ3) is 2.95. The zero-order valence-corrected chi connectivity index (χ0v) is 12.1. The van der Waals surface area contributed by atoms with Crippen LogP contribution in [0.15, 0.2) is 18.2 Å². The summed E-state index contributed by atoms with van der Waals surface area (Å²) in [6.45, 7) is 1.72. The van der Waals surface area contributed by atoms with Gasteiger partial charge in [0.05, 0.1) is 29.9 Å². The number of hydrogen-bond acceptors (Lipinski definition) is 4. The van der Waals surface area contributed by atoms with Crippen molar-refractivity contribution in [2.75, 3.05) is 11.9 Å². The molecule has 0 bridgehead atoms. The zero-order valence-electron chi connectivity index (χ0n) is 12.1. The van der Waals surface area contributed by atoms with Crippen molar-refractivity contribution in [3.05, 3.63) is 29.3 Å². The van der Waals surface area contributed by atoms with Crippen LogP contribution in [0.5, 0.6) is 0 Å². The number of anilines is 1. The van der Waals surface area contributed by atoms with Crippen molar-refractivity contribution >= 4 is 5.69 Å². The fourth-order valence-corrected chi connectivity index (χ4v) is 2.99. The van der Waals surface area contributed by atoms with Crippen LogP contribution in [0.25, 0.3) is 0 Å². The molecule has 1 aromatic carbocycles. The van der Waals surface area contributed by atoms with Gasteiger partial charge in [-0.2, -0.15) is 5.26 Å². The summed E-state index contributed by atoms with van der Waals surface area (Å²) in [6.07, 6.45) is 2.98. The van der Waals surface area contributed by atoms with E-state index in [9.17, 15) is 10.2 Å². The molecule has 0 radical (unpaired) electrons. The van der Waals surface area contributed by atoms with Gasteiger partial charge in [-0.15, -0.1) is 0 Å². The Labute approximate surface area is 120 Å². The molecule has 108 valence electrons. The standard InChI is InChI=1S/C16H22N2O2/c1-11(19)13-8-7-12(10-17)9-15(13)18(2)14-5-3-4-6-16(14)20/h7-9,11,14,16,19-20H,3-6H2,1-2H3/t11-,14?,16?/m0/s1. The summed E-state index contributed by atoms with van der Waals surface area (Å²) in [5.41, 5.74) is 2.20. The van der Waals surface area contributed by atoms with Gasteiger partial charge in [0.25, 0.3) is 0 Å². The molecule has 3 atom stereocenters. The second-order valence-electron chi connectivity index (χ2n) is 5.59. The number of rotatable bonds is 3. The van der Waals surface area contributed by atoms with Crippen LogP contribution in [0.3, 0.4) is 0 Å². The minimum atomic E-state index is -0.596. The summed E-state index contributed by atoms with van der Waals surface area (Å²) >= 11 is 0. The first-order chi connectivity index (χ1) is 9.54. The maximum absolute atomic E-state index is 10.2. The number of likely N-dealkylation sites (N-methyl/N-ethyl adjacent to an activating group) is 1. The molecule has 1 aliphatic carbocycles. The van der Waals surface area contributed by atoms with Gasteiger partial charge >= 0.3 is 0 Å². The largest absolute Gasteiger partial charge is 0.391 e. The molecule has 1 saturated carbocycles. The third-order valence-corrected chi connectivity index (χ3v) is 4.18. The highest BCUT2D eigenvalue weighted by atomic mass is 16.3. The van der Waals surface area contributed by atoms with Gasteiger partial charge < -0.3 is 15.1 Å². The molecule has 4 nitrogen and oxygen atoms in total. The molecule has 1 aromatic rings. The summed E-state index contributed by atoms with van der Waals surface area (Å²) in [4.78, 5) is 2.02. The van der Waals surface area contributed by atoms with Crippen LogP contribution in [0.4, 0.5) is 5.69 Å². The normalized spacial score (nSPS) is 23.9. The fourth-order valence-electron chi connectivity index (χ4n) is 2.99. The van der Waals surface area contributed by atoms with E-state index < -0.39 is 6.10 Å². The second-order valence-corrected chi connectivity index (χ2v) is 5.59. The average Bonchev–Trinajstić information content (AvgIpc) is 2.46. The lowest BCUT2D eigenvalue weighted by molar-refractivity contribution is 0.106. The number of nitrogens with zero attached hydrogens (tertiary/aromatic N) is 2. The Morgan fingerprint density at radius 1 is 1.35 bits per heavy atom. The molecule has 20 heavy (non-hydrogen) atoms. The van der Waals surface area contributed by atoms with Crippen molar-refractivity contribution in [2.24, 2.45) is 0 Å². The minimum Gasteiger partial charge on any atom is -0.391 e. The number of nitriles is 1. The smallest absolute Gasteiger partial charge is 0.0992 e. The van der Waals surface area contributed by atoms with Crippen LogP contribution >= 0.6 is 0 Å². The van der Waals surface area contributed by atoms with Gasteiger partial charge in [0.15, 0.2) is 0 Å². The Bertz CT molecular complexity index is 508. The van der Waals surface area contributed by atoms with Crippen molar-refractivity contribution in [1.29, 1.82) is 5.26 Å². The fraction of sp³-hybridized carbons (Fsp3) is 0.562. The molecule has 1 fully saturated rings. The summed E-state index contributed by atoms with van der Waals surface area (Å²) in [7, 11) is 1.93. The van der Waals surface area contributed by atoms with Crippen molar-refractivity contribution in [1.82, 2.24) is 0 Å². The van der Waals surface area contributed by atoms with E-state index in [2.05, 4.69) is 6.07 Å². The van der Waals surface area contributed by atoms with E-state index in [-0.39, 0.29) is 12.1 Å². The predicted molar refractivity (Wildman–Crippen MR) is 78.5 cm³/mol. The quantitative estimate of drug-likeness (QED) is 0.888. The van der Waals surface area contributed by atoms with Crippen LogP contribution in [0.1, 0.15) is 49.8 Å². The number of hydrogen-bond donors (Lipinski definition) is 2. The summed E-state index contributed by atoms with van der Waals surface area (Å²) in [5, 5.41) is 29.2. The summed E-state index contributed by atoms with van der Waals surface area (Å²) in [6, 6.07) is 7.49. The topological polar surface area (TPSA) is 67.5 Å². The number of benzene rings is 1. The molecule has 0 aromatic heterocycles. The van der Waals surface area contributed by atoms with Crippen molar-refractivity contribution in [3.63, 3.8) is 0 Å². The van der Waals surface area contributed by atoms with Gasteiger partial charge in [-0.1, -0.05) is 18.9 Å². The van der Waals surface area contributed by atoms with Crippen molar-refractivity contribution < 1.29 is 10.2 Å². The maximum Gasteiger partial charge on any atom is 0.0992 e. The van der Waals surface area contributed by atoms with Crippen LogP contribution in [0.2, 0.25) is 0 Å². The highest BCUT2D eigenvalue weighted by molar-refractivity contribution is 5.59. The molecule has 0 amide bonds. The summed E-state index contributed by atoms with van der Waals surface area (Å²) in [5.74, 6) is 0. The van der Waals surface area contributed by atoms with E-state index in [0.29, 0.717) is 5.56 Å². The van der Waals surface area contributed by atoms with E-state index in [1.807, 2.05) is 11.9 Å². The summed E-state index contributed by atoms with van der Waals surface area (Å²) < 4.78 is 0. The lowest BCUT2D eigenvalue weighted by Gasteiger charge is -2.38. The number of aliphatic hydroxyl groups excluding tert-OH is 2. The lowest BCUT2D eigenvalue weighted by atomic mass is 9.90. The molecule has 0 spiro atoms. The monoisotopic (exact) mass is 274 g/mol. The zero-order chi connectivity index (χ0) is 14.7. The van der Waals surface area contributed by atoms with Gasteiger partial charge in [0, 0.05) is 18.3 Å². The van der Waals surface area contributed by atoms with E-state index in [4.69, 9.17) is 5.26 Å². The Morgan fingerprint density at radius 3 is 2.65 bits per heavy atom. The Balaban J connectivity index is 2.36. The molecule has 2 unspecified atom stereocenters. The molecule has 0 saturated heterocycles. The molecule has 2 rings (SSSR count). The molecule has 2 N–H and O–H groups in total. The first kappa shape index (κ1) is 14.8. The van der Waals surface area contributed by atoms with E-state index in [1.165, 1.54) is 0 Å². The van der Waals surface area contributed by atoms with E-state index in [0.717, 1.165) is 36.9 Å². The lowest BCUT2D eigenvalue weighted by Crippen LogP contribution is -2.43. The van der Waals surface area contributed by atoms with Gasteiger partial charge in [-0.05, 0) is 31.9 Å². The number of aliphatic hydroxyl groups is 2. The average molecular weight is 274 g/mol. The van der Waals surface area contributed by atoms with Gasteiger partial charge in [0.2, 0.25) is 0 Å².